The Morgan fingerprint density at radius 1 is 0.240 bits per heavy atom. The van der Waals surface area contributed by atoms with Crippen LogP contribution in [-0.2, 0) is 10.8 Å². The molecule has 0 aliphatic heterocycles. The average molecular weight is 1490 g/mol. The molecule has 3 aromatic carbocycles. The van der Waals surface area contributed by atoms with E-state index >= 15 is 0 Å². The molecule has 0 fully saturated rings. The van der Waals surface area contributed by atoms with Gasteiger partial charge in [-0.1, -0.05) is 419 Å². The molecule has 2 aliphatic rings. The van der Waals surface area contributed by atoms with E-state index in [-0.39, 0.29) is 10.8 Å². The Balaban J connectivity index is 1.01. The van der Waals surface area contributed by atoms with Gasteiger partial charge < -0.3 is 0 Å². The van der Waals surface area contributed by atoms with Crippen molar-refractivity contribution >= 4 is 77.6 Å². The minimum Gasteiger partial charge on any atom is -0.173 e. The van der Waals surface area contributed by atoms with Crippen molar-refractivity contribution in [2.24, 2.45) is 0 Å². The lowest BCUT2D eigenvalue weighted by atomic mass is 9.68. The molecular weight excluding hydrogens is 1340 g/mol. The molecule has 4 aromatic heterocycles. The van der Waals surface area contributed by atoms with Crippen molar-refractivity contribution in [1.29, 1.82) is 0 Å². The van der Waals surface area contributed by atoms with Crippen molar-refractivity contribution in [3.8, 4) is 32.7 Å². The number of aryl methyl sites for hydroxylation is 2. The summed E-state index contributed by atoms with van der Waals surface area (Å²) in [6.07, 6.45) is 88.6. The lowest BCUT2D eigenvalue weighted by molar-refractivity contribution is 0.393. The zero-order valence-electron chi connectivity index (χ0n) is 68.1. The molecule has 104 heavy (non-hydrogen) atoms. The lowest BCUT2D eigenvalue weighted by Gasteiger charge is -2.35. The maximum Gasteiger partial charge on any atom is 0.114 e. The van der Waals surface area contributed by atoms with Gasteiger partial charge in [0.15, 0.2) is 0 Å². The molecule has 0 unspecified atom stereocenters. The summed E-state index contributed by atoms with van der Waals surface area (Å²) in [5, 5.41) is 0. The van der Waals surface area contributed by atoms with Crippen molar-refractivity contribution in [3.63, 3.8) is 0 Å². The quantitative estimate of drug-likeness (QED) is 0.0357. The van der Waals surface area contributed by atoms with E-state index in [4.69, 9.17) is 17.5 Å². The summed E-state index contributed by atoms with van der Waals surface area (Å²) < 4.78 is 24.3. The number of hydrogen-bond acceptors (Lipinski definition) is 8. The summed E-state index contributed by atoms with van der Waals surface area (Å²) in [5.41, 5.74) is 19.3. The van der Waals surface area contributed by atoms with Crippen LogP contribution in [0.4, 0.5) is 0 Å². The lowest BCUT2D eigenvalue weighted by Crippen LogP contribution is -2.27. The minimum atomic E-state index is -0.122. The third kappa shape index (κ3) is 25.5. The van der Waals surface area contributed by atoms with Gasteiger partial charge in [0.05, 0.1) is 23.5 Å². The van der Waals surface area contributed by atoms with E-state index in [1.807, 2.05) is 22.7 Å². The highest BCUT2D eigenvalue weighted by Crippen LogP contribution is 2.64. The molecule has 0 saturated heterocycles. The average Bonchev–Trinajstić information content (AvgIpc) is 1.52. The number of hydrogen-bond donors (Lipinski definition) is 0. The molecule has 4 nitrogen and oxygen atoms in total. The Kier molecular flexibility index (Phi) is 40.3. The SMILES string of the molecule is CCCCCCCCCCCCCCCCCC1(CCCCCCCCCCCCCCCCC)c2cc3c(cc2-c2c1cc(C)c1nsnc21)C(CCCCCCCCCCCCCCCCC)(CCCCCCCCCCCCCCCCC)c1cc(-c2cc4sc(C)cc4s2)c2nsnc2c1-3. The maximum atomic E-state index is 5.53. The van der Waals surface area contributed by atoms with Gasteiger partial charge in [0.25, 0.3) is 0 Å². The molecule has 0 amide bonds. The molecule has 9 rings (SSSR count). The summed E-state index contributed by atoms with van der Waals surface area (Å²) in [6.45, 7) is 14.0. The summed E-state index contributed by atoms with van der Waals surface area (Å²) in [4.78, 5) is 2.77. The summed E-state index contributed by atoms with van der Waals surface area (Å²) in [5.74, 6) is 0. The van der Waals surface area contributed by atoms with Crippen molar-refractivity contribution < 1.29 is 0 Å². The van der Waals surface area contributed by atoms with E-state index in [0.717, 1.165) is 11.0 Å². The zero-order valence-corrected chi connectivity index (χ0v) is 71.4. The van der Waals surface area contributed by atoms with Gasteiger partial charge in [-0.05, 0) is 109 Å². The van der Waals surface area contributed by atoms with Crippen LogP contribution in [0, 0.1) is 13.8 Å². The number of benzene rings is 3. The fourth-order valence-corrected chi connectivity index (χ4v) is 22.7. The Labute approximate surface area is 655 Å². The largest absolute Gasteiger partial charge is 0.173 e. The van der Waals surface area contributed by atoms with Crippen molar-refractivity contribution in [2.75, 3.05) is 0 Å². The highest BCUT2D eigenvalue weighted by Gasteiger charge is 2.50. The first-order valence-electron chi connectivity index (χ1n) is 45.6. The molecule has 580 valence electrons. The second-order valence-corrected chi connectivity index (χ2v) is 37.4. The first-order chi connectivity index (χ1) is 51.4. The minimum absolute atomic E-state index is 0.0799. The molecular formula is C96H152N4S4. The van der Waals surface area contributed by atoms with Crippen LogP contribution >= 0.6 is 46.1 Å². The number of aromatic nitrogens is 4. The van der Waals surface area contributed by atoms with Gasteiger partial charge in [0, 0.05) is 46.7 Å². The standard InChI is InChI=1S/C96H152N4S4/c1-7-11-15-19-23-27-31-35-39-43-47-51-55-59-63-67-95(68-64-60-56-52-48-44-40-36-32-28-24-20-16-12-8-2)82-74-80-83(73-79(82)89-84(95)71-77(5)91-93(89)99-103-97-91)96(69-65-61-57-53-49-45-41-37-33-29-25-21-17-13-9-3,70-66-62-58-54-50-46-42-38-34-30-26-22-18-14-10-4)85-75-81(92-94(90(80)85)100-104-98-92)86-76-88-87(102-86)72-78(6)101-88/h71-76H,7-70H2,1-6H3. The van der Waals surface area contributed by atoms with Crippen LogP contribution in [0.2, 0.25) is 0 Å². The van der Waals surface area contributed by atoms with E-state index in [2.05, 4.69) is 77.9 Å². The van der Waals surface area contributed by atoms with Crippen LogP contribution in [0.3, 0.4) is 0 Å². The number of unbranched alkanes of at least 4 members (excludes halogenated alkanes) is 56. The van der Waals surface area contributed by atoms with Gasteiger partial charge in [-0.15, -0.1) is 22.7 Å². The fourth-order valence-electron chi connectivity index (χ4n) is 19.2. The first kappa shape index (κ1) is 85.0. The van der Waals surface area contributed by atoms with E-state index < -0.39 is 0 Å². The predicted molar refractivity (Wildman–Crippen MR) is 467 cm³/mol. The monoisotopic (exact) mass is 1490 g/mol. The van der Waals surface area contributed by atoms with Crippen LogP contribution in [0.1, 0.15) is 471 Å². The Bertz CT molecular complexity index is 3330. The molecule has 0 bridgehead atoms. The second-order valence-electron chi connectivity index (χ2n) is 34.0. The van der Waals surface area contributed by atoms with Crippen molar-refractivity contribution in [3.05, 3.63) is 69.1 Å². The fraction of sp³-hybridized carbons (Fsp3) is 0.750. The Morgan fingerprint density at radius 3 is 0.798 bits per heavy atom. The highest BCUT2D eigenvalue weighted by atomic mass is 32.1. The van der Waals surface area contributed by atoms with Gasteiger partial charge in [0.1, 0.15) is 22.1 Å². The summed E-state index contributed by atoms with van der Waals surface area (Å²) in [7, 11) is 0. The van der Waals surface area contributed by atoms with Crippen molar-refractivity contribution in [2.45, 2.75) is 463 Å². The van der Waals surface area contributed by atoms with Crippen LogP contribution < -0.4 is 0 Å². The van der Waals surface area contributed by atoms with Crippen LogP contribution in [0.25, 0.3) is 64.2 Å². The summed E-state index contributed by atoms with van der Waals surface area (Å²) >= 11 is 6.85. The van der Waals surface area contributed by atoms with E-state index in [0.29, 0.717) is 0 Å². The first-order valence-corrected chi connectivity index (χ1v) is 48.7. The van der Waals surface area contributed by atoms with E-state index in [1.54, 1.807) is 22.3 Å². The topological polar surface area (TPSA) is 51.6 Å². The molecule has 4 heterocycles. The van der Waals surface area contributed by atoms with Gasteiger partial charge in [-0.25, -0.2) is 0 Å². The molecule has 2 aliphatic carbocycles. The molecule has 0 N–H and O–H groups in total. The van der Waals surface area contributed by atoms with Crippen LogP contribution in [0.5, 0.6) is 0 Å². The number of nitrogens with zero attached hydrogens (tertiary/aromatic N) is 4. The molecule has 0 saturated carbocycles. The molecule has 8 heteroatoms. The number of thiophene rings is 2. The Hall–Kier alpha value is -3.04. The summed E-state index contributed by atoms with van der Waals surface area (Å²) in [6, 6.07) is 16.1. The van der Waals surface area contributed by atoms with Gasteiger partial charge in [0.2, 0.25) is 0 Å². The van der Waals surface area contributed by atoms with Gasteiger partial charge in [-0.2, -0.15) is 17.5 Å². The smallest absolute Gasteiger partial charge is 0.114 e. The van der Waals surface area contributed by atoms with E-state index in [9.17, 15) is 0 Å². The number of fused-ring (bicyclic) bond motifs is 11. The van der Waals surface area contributed by atoms with Gasteiger partial charge >= 0.3 is 0 Å². The predicted octanol–water partition coefficient (Wildman–Crippen LogP) is 34.8. The molecule has 0 spiro atoms. The molecule has 0 radical (unpaired) electrons. The normalized spacial score (nSPS) is 13.6. The van der Waals surface area contributed by atoms with Gasteiger partial charge in [-0.3, -0.25) is 0 Å². The highest BCUT2D eigenvalue weighted by molar-refractivity contribution is 7.29. The zero-order chi connectivity index (χ0) is 72.5. The van der Waals surface area contributed by atoms with Crippen molar-refractivity contribution in [1.82, 2.24) is 17.5 Å². The molecule has 0 atom stereocenters. The Morgan fingerprint density at radius 2 is 0.490 bits per heavy atom. The third-order valence-electron chi connectivity index (χ3n) is 25.5. The third-order valence-corrected chi connectivity index (χ3v) is 28.7. The molecule has 7 aromatic rings. The van der Waals surface area contributed by atoms with Crippen LogP contribution in [-0.4, -0.2) is 17.5 Å². The van der Waals surface area contributed by atoms with E-state index in [1.165, 1.54) is 498 Å². The second kappa shape index (κ2) is 49.3. The number of rotatable bonds is 65. The van der Waals surface area contributed by atoms with Crippen LogP contribution in [0.15, 0.2) is 36.4 Å². The maximum absolute atomic E-state index is 5.53.